The van der Waals surface area contributed by atoms with Crippen molar-refractivity contribution < 1.29 is 14.3 Å². The molecular formula is C12H16O3. The molecule has 0 spiro atoms. The molecule has 0 aromatic heterocycles. The number of ether oxygens (including phenoxy) is 2. The summed E-state index contributed by atoms with van der Waals surface area (Å²) in [4.78, 5) is 11.5. The van der Waals surface area contributed by atoms with Crippen molar-refractivity contribution in [2.45, 2.75) is 19.3 Å². The van der Waals surface area contributed by atoms with Crippen LogP contribution in [0.1, 0.15) is 24.8 Å². The van der Waals surface area contributed by atoms with Crippen LogP contribution in [0.25, 0.3) is 0 Å². The predicted molar refractivity (Wildman–Crippen MR) is 58.0 cm³/mol. The van der Waals surface area contributed by atoms with Gasteiger partial charge in [0.25, 0.3) is 0 Å². The molecule has 1 aromatic carbocycles. The van der Waals surface area contributed by atoms with E-state index in [9.17, 15) is 4.79 Å². The highest BCUT2D eigenvalue weighted by molar-refractivity contribution is 5.79. The molecule has 0 fully saturated rings. The monoisotopic (exact) mass is 208 g/mol. The van der Waals surface area contributed by atoms with E-state index in [4.69, 9.17) is 9.47 Å². The molecule has 1 atom stereocenters. The number of carbonyl (C=O) groups is 1. The van der Waals surface area contributed by atoms with E-state index >= 15 is 0 Å². The number of methoxy groups -OCH3 is 2. The number of rotatable bonds is 4. The van der Waals surface area contributed by atoms with Crippen LogP contribution < -0.4 is 4.74 Å². The lowest BCUT2D eigenvalue weighted by atomic mass is 9.96. The third-order valence-electron chi connectivity index (χ3n) is 2.41. The van der Waals surface area contributed by atoms with Gasteiger partial charge in [-0.3, -0.25) is 4.79 Å². The summed E-state index contributed by atoms with van der Waals surface area (Å²) in [7, 11) is 3.00. The van der Waals surface area contributed by atoms with Gasteiger partial charge in [0.05, 0.1) is 20.1 Å². The minimum Gasteiger partial charge on any atom is -0.496 e. The van der Waals surface area contributed by atoms with Crippen LogP contribution in [0, 0.1) is 0 Å². The Kier molecular flexibility index (Phi) is 4.16. The first-order valence-corrected chi connectivity index (χ1v) is 4.95. The van der Waals surface area contributed by atoms with E-state index in [0.717, 1.165) is 11.3 Å². The Bertz CT molecular complexity index is 333. The Morgan fingerprint density at radius 2 is 2.00 bits per heavy atom. The summed E-state index contributed by atoms with van der Waals surface area (Å²) in [5, 5.41) is 0. The Morgan fingerprint density at radius 1 is 1.33 bits per heavy atom. The second-order valence-electron chi connectivity index (χ2n) is 3.23. The lowest BCUT2D eigenvalue weighted by molar-refractivity contribution is -0.142. The molecule has 3 heteroatoms. The molecule has 0 N–H and O–H groups in total. The molecule has 0 bridgehead atoms. The van der Waals surface area contributed by atoms with Crippen LogP contribution >= 0.6 is 0 Å². The second-order valence-corrected chi connectivity index (χ2v) is 3.23. The Labute approximate surface area is 90.0 Å². The fraction of sp³-hybridized carbons (Fsp3) is 0.417. The molecule has 0 radical (unpaired) electrons. The zero-order chi connectivity index (χ0) is 11.3. The number of para-hydroxylation sites is 1. The molecule has 0 saturated heterocycles. The van der Waals surface area contributed by atoms with Gasteiger partial charge in [0.2, 0.25) is 0 Å². The van der Waals surface area contributed by atoms with E-state index < -0.39 is 0 Å². The van der Waals surface area contributed by atoms with E-state index in [1.807, 2.05) is 31.2 Å². The third-order valence-corrected chi connectivity index (χ3v) is 2.41. The molecule has 3 nitrogen and oxygen atoms in total. The molecule has 1 aromatic rings. The standard InChI is InChI=1S/C12H16O3/c1-4-9(12(13)15-3)10-7-5-6-8-11(10)14-2/h5-9H,4H2,1-3H3. The van der Waals surface area contributed by atoms with Gasteiger partial charge in [-0.1, -0.05) is 25.1 Å². The van der Waals surface area contributed by atoms with Crippen LogP contribution in [0.3, 0.4) is 0 Å². The Balaban J connectivity index is 3.05. The normalized spacial score (nSPS) is 11.9. The van der Waals surface area contributed by atoms with Crippen molar-refractivity contribution in [3.8, 4) is 5.75 Å². The summed E-state index contributed by atoms with van der Waals surface area (Å²) in [6.45, 7) is 1.95. The molecule has 0 aliphatic rings. The molecule has 0 aliphatic heterocycles. The van der Waals surface area contributed by atoms with Crippen molar-refractivity contribution in [2.75, 3.05) is 14.2 Å². The molecular weight excluding hydrogens is 192 g/mol. The summed E-state index contributed by atoms with van der Waals surface area (Å²) >= 11 is 0. The fourth-order valence-corrected chi connectivity index (χ4v) is 1.61. The summed E-state index contributed by atoms with van der Waals surface area (Å²) in [6.07, 6.45) is 0.701. The summed E-state index contributed by atoms with van der Waals surface area (Å²) in [6, 6.07) is 7.51. The van der Waals surface area contributed by atoms with Crippen molar-refractivity contribution in [1.29, 1.82) is 0 Å². The molecule has 0 heterocycles. The van der Waals surface area contributed by atoms with Crippen LogP contribution in [-0.2, 0) is 9.53 Å². The highest BCUT2D eigenvalue weighted by Crippen LogP contribution is 2.29. The fourth-order valence-electron chi connectivity index (χ4n) is 1.61. The summed E-state index contributed by atoms with van der Waals surface area (Å²) < 4.78 is 9.98. The summed E-state index contributed by atoms with van der Waals surface area (Å²) in [5.74, 6) is 0.267. The van der Waals surface area contributed by atoms with Gasteiger partial charge < -0.3 is 9.47 Å². The van der Waals surface area contributed by atoms with Crippen molar-refractivity contribution in [2.24, 2.45) is 0 Å². The van der Waals surface area contributed by atoms with Gasteiger partial charge in [-0.05, 0) is 12.5 Å². The van der Waals surface area contributed by atoms with Gasteiger partial charge in [-0.2, -0.15) is 0 Å². The number of carbonyl (C=O) groups excluding carboxylic acids is 1. The zero-order valence-corrected chi connectivity index (χ0v) is 9.32. The first-order chi connectivity index (χ1) is 7.24. The van der Waals surface area contributed by atoms with Crippen molar-refractivity contribution in [3.63, 3.8) is 0 Å². The van der Waals surface area contributed by atoms with Crippen LogP contribution in [0.4, 0.5) is 0 Å². The maximum Gasteiger partial charge on any atom is 0.313 e. The Hall–Kier alpha value is -1.51. The number of hydrogen-bond donors (Lipinski definition) is 0. The first kappa shape index (κ1) is 11.6. The van der Waals surface area contributed by atoms with Gasteiger partial charge in [0, 0.05) is 5.56 Å². The molecule has 0 saturated carbocycles. The smallest absolute Gasteiger partial charge is 0.313 e. The lowest BCUT2D eigenvalue weighted by Crippen LogP contribution is -2.14. The van der Waals surface area contributed by atoms with E-state index in [-0.39, 0.29) is 11.9 Å². The predicted octanol–water partition coefficient (Wildman–Crippen LogP) is 2.36. The van der Waals surface area contributed by atoms with E-state index in [0.29, 0.717) is 6.42 Å². The Morgan fingerprint density at radius 3 is 2.53 bits per heavy atom. The minimum atomic E-state index is -0.244. The molecule has 82 valence electrons. The summed E-state index contributed by atoms with van der Waals surface area (Å²) in [5.41, 5.74) is 0.884. The van der Waals surface area contributed by atoms with Gasteiger partial charge in [0.1, 0.15) is 5.75 Å². The number of esters is 1. The molecule has 0 aliphatic carbocycles. The number of hydrogen-bond acceptors (Lipinski definition) is 3. The van der Waals surface area contributed by atoms with Gasteiger partial charge >= 0.3 is 5.97 Å². The molecule has 1 rings (SSSR count). The van der Waals surface area contributed by atoms with Crippen LogP contribution in [0.15, 0.2) is 24.3 Å². The minimum absolute atomic E-state index is 0.220. The third kappa shape index (κ3) is 2.49. The molecule has 1 unspecified atom stereocenters. The highest BCUT2D eigenvalue weighted by Gasteiger charge is 2.22. The molecule has 0 amide bonds. The highest BCUT2D eigenvalue weighted by atomic mass is 16.5. The van der Waals surface area contributed by atoms with Crippen molar-refractivity contribution in [1.82, 2.24) is 0 Å². The van der Waals surface area contributed by atoms with Gasteiger partial charge in [-0.15, -0.1) is 0 Å². The second kappa shape index (κ2) is 5.39. The number of benzene rings is 1. The topological polar surface area (TPSA) is 35.5 Å². The average Bonchev–Trinajstić information content (AvgIpc) is 2.30. The van der Waals surface area contributed by atoms with Gasteiger partial charge in [0.15, 0.2) is 0 Å². The largest absolute Gasteiger partial charge is 0.496 e. The van der Waals surface area contributed by atoms with Crippen molar-refractivity contribution >= 4 is 5.97 Å². The zero-order valence-electron chi connectivity index (χ0n) is 9.32. The van der Waals surface area contributed by atoms with E-state index in [1.165, 1.54) is 7.11 Å². The van der Waals surface area contributed by atoms with Crippen LogP contribution in [0.2, 0.25) is 0 Å². The van der Waals surface area contributed by atoms with Gasteiger partial charge in [-0.25, -0.2) is 0 Å². The maximum absolute atomic E-state index is 11.5. The first-order valence-electron chi connectivity index (χ1n) is 4.95. The van der Waals surface area contributed by atoms with Crippen LogP contribution in [-0.4, -0.2) is 20.2 Å². The van der Waals surface area contributed by atoms with E-state index in [1.54, 1.807) is 7.11 Å². The van der Waals surface area contributed by atoms with Crippen LogP contribution in [0.5, 0.6) is 5.75 Å². The van der Waals surface area contributed by atoms with Crippen molar-refractivity contribution in [3.05, 3.63) is 29.8 Å². The maximum atomic E-state index is 11.5. The van der Waals surface area contributed by atoms with E-state index in [2.05, 4.69) is 0 Å². The SMILES string of the molecule is CCC(C(=O)OC)c1ccccc1OC. The average molecular weight is 208 g/mol. The quantitative estimate of drug-likeness (QED) is 0.712. The lowest BCUT2D eigenvalue weighted by Gasteiger charge is -2.15. The molecule has 15 heavy (non-hydrogen) atoms.